The van der Waals surface area contributed by atoms with Crippen LogP contribution in [-0.2, 0) is 0 Å². The first-order chi connectivity index (χ1) is 12.4. The maximum atomic E-state index is 5.40. The largest absolute Gasteiger partial charge is 0.257 e. The Morgan fingerprint density at radius 3 is 1.23 bits per heavy atom. The van der Waals surface area contributed by atoms with Gasteiger partial charge in [0.05, 0.1) is 0 Å². The van der Waals surface area contributed by atoms with Gasteiger partial charge in [0.25, 0.3) is 0 Å². The van der Waals surface area contributed by atoms with Crippen LogP contribution in [0.5, 0.6) is 0 Å². The molecule has 3 heterocycles. The van der Waals surface area contributed by atoms with Crippen LogP contribution in [0.25, 0.3) is 0 Å². The van der Waals surface area contributed by atoms with Gasteiger partial charge < -0.3 is 0 Å². The second kappa shape index (κ2) is 7.79. The molecule has 0 bridgehead atoms. The third-order valence-electron chi connectivity index (χ3n) is 4.50. The van der Waals surface area contributed by atoms with Gasteiger partial charge in [-0.15, -0.1) is 0 Å². The molecule has 12 nitrogen and oxygen atoms in total. The summed E-state index contributed by atoms with van der Waals surface area (Å²) in [4.78, 5) is 0. The van der Waals surface area contributed by atoms with E-state index in [1.165, 1.54) is 0 Å². The molecule has 3 aliphatic heterocycles. The molecule has 0 aromatic rings. The molecule has 0 radical (unpaired) electrons. The summed E-state index contributed by atoms with van der Waals surface area (Å²) in [5, 5.41) is 20.4. The predicted molar refractivity (Wildman–Crippen MR) is 115 cm³/mol. The fourth-order valence-electron chi connectivity index (χ4n) is 2.71. The van der Waals surface area contributed by atoms with E-state index >= 15 is 0 Å². The molecule has 0 saturated carbocycles. The lowest BCUT2D eigenvalue weighted by Crippen LogP contribution is -2.23. The topological polar surface area (TPSA) is 128 Å². The van der Waals surface area contributed by atoms with Crippen molar-refractivity contribution in [3.63, 3.8) is 0 Å². The molecule has 0 unspecified atom stereocenters. The summed E-state index contributed by atoms with van der Waals surface area (Å²) in [6.07, 6.45) is 0. The molecule has 0 aromatic heterocycles. The molecular formula is C10H32N12P4. The zero-order chi connectivity index (χ0) is 19.1. The molecule has 2 fully saturated rings. The molecule has 16 heteroatoms. The van der Waals surface area contributed by atoms with Crippen LogP contribution in [0.15, 0.2) is 18.1 Å². The second-order valence-corrected chi connectivity index (χ2v) is 17.3. The second-order valence-electron chi connectivity index (χ2n) is 5.95. The van der Waals surface area contributed by atoms with Gasteiger partial charge in [-0.2, -0.15) is 18.1 Å². The van der Waals surface area contributed by atoms with Gasteiger partial charge in [0.1, 0.15) is 0 Å². The molecule has 3 aliphatic rings. The van der Waals surface area contributed by atoms with Gasteiger partial charge in [-0.05, 0) is 42.3 Å². The molecule has 152 valence electrons. The third kappa shape index (κ3) is 3.73. The van der Waals surface area contributed by atoms with E-state index in [-0.39, 0.29) is 0 Å². The lowest BCUT2D eigenvalue weighted by molar-refractivity contribution is 0.851. The monoisotopic (exact) mass is 444 g/mol. The predicted octanol–water partition coefficient (Wildman–Crippen LogP) is 1.73. The Morgan fingerprint density at radius 1 is 0.500 bits per heavy atom. The highest BCUT2D eigenvalue weighted by Crippen LogP contribution is 2.76. The zero-order valence-corrected chi connectivity index (χ0v) is 19.9. The van der Waals surface area contributed by atoms with E-state index in [0.29, 0.717) is 0 Å². The quantitative estimate of drug-likeness (QED) is 0.247. The van der Waals surface area contributed by atoms with Crippen molar-refractivity contribution in [2.75, 3.05) is 68.5 Å². The van der Waals surface area contributed by atoms with Crippen molar-refractivity contribution < 1.29 is 0 Å². The van der Waals surface area contributed by atoms with E-state index in [0.717, 1.165) is 26.2 Å². The lowest BCUT2D eigenvalue weighted by Gasteiger charge is -2.35. The number of nitrogens with zero attached hydrogens (tertiary/aromatic N) is 6. The highest BCUT2D eigenvalue weighted by atomic mass is 31.3. The van der Waals surface area contributed by atoms with Crippen molar-refractivity contribution in [2.24, 2.45) is 18.1 Å². The van der Waals surface area contributed by atoms with E-state index < -0.39 is 30.0 Å². The molecule has 6 N–H and O–H groups in total. The lowest BCUT2D eigenvalue weighted by atomic mass is 11.0. The number of rotatable bonds is 8. The molecule has 0 aliphatic carbocycles. The van der Waals surface area contributed by atoms with Crippen LogP contribution in [0, 0.1) is 0 Å². The van der Waals surface area contributed by atoms with Gasteiger partial charge in [-0.1, -0.05) is 0 Å². The Kier molecular flexibility index (Phi) is 6.38. The van der Waals surface area contributed by atoms with Crippen molar-refractivity contribution >= 4 is 30.0 Å². The number of hydrogen-bond acceptors (Lipinski definition) is 12. The van der Waals surface area contributed by atoms with Crippen molar-refractivity contribution in [1.82, 2.24) is 39.9 Å². The van der Waals surface area contributed by atoms with Gasteiger partial charge in [-0.25, -0.2) is 9.34 Å². The molecule has 2 saturated heterocycles. The minimum absolute atomic E-state index is 0.997. The summed E-state index contributed by atoms with van der Waals surface area (Å²) < 4.78 is 25.8. The van der Waals surface area contributed by atoms with Crippen molar-refractivity contribution in [3.05, 3.63) is 0 Å². The molecule has 0 aromatic carbocycles. The first kappa shape index (κ1) is 21.3. The first-order valence-electron chi connectivity index (χ1n) is 8.61. The normalized spacial score (nSPS) is 35.9. The minimum Gasteiger partial charge on any atom is -0.257 e. The van der Waals surface area contributed by atoms with E-state index in [2.05, 4.69) is 39.9 Å². The molecule has 2 atom stereocenters. The Bertz CT molecular complexity index is 719. The van der Waals surface area contributed by atoms with Crippen molar-refractivity contribution in [3.8, 4) is 0 Å². The van der Waals surface area contributed by atoms with Crippen LogP contribution in [0.1, 0.15) is 0 Å². The smallest absolute Gasteiger partial charge is 0.218 e. The third-order valence-corrected chi connectivity index (χ3v) is 18.7. The first-order valence-corrected chi connectivity index (χ1v) is 15.3. The summed E-state index contributed by atoms with van der Waals surface area (Å²) in [6.45, 7) is 3.99. The Labute approximate surface area is 156 Å². The minimum atomic E-state index is -2.40. The highest BCUT2D eigenvalue weighted by molar-refractivity contribution is 7.83. The standard InChI is InChI=1S/C10H32N12P4/c1-11-23(12-2)17-24(13-3,14-4)19-26(16-6,22-9-10-22)20-25(15-5,18-23)21-7-8-21/h11-16H,7-10H2,1-6H3/t25-,26-/m1/s1. The molecule has 3 rings (SSSR count). The SMILES string of the molecule is CNP1(NC)=NP(NC)(NC)=N[P@@](NC)(N2CC2)=N[P@](NC)(N2CC2)=N1. The summed E-state index contributed by atoms with van der Waals surface area (Å²) in [6, 6.07) is 0. The van der Waals surface area contributed by atoms with E-state index in [9.17, 15) is 0 Å². The molecule has 0 spiro atoms. The van der Waals surface area contributed by atoms with Crippen LogP contribution in [0.4, 0.5) is 0 Å². The van der Waals surface area contributed by atoms with Gasteiger partial charge in [0.15, 0.2) is 0 Å². The van der Waals surface area contributed by atoms with E-state index in [4.69, 9.17) is 18.1 Å². The van der Waals surface area contributed by atoms with Crippen LogP contribution in [0.2, 0.25) is 0 Å². The van der Waals surface area contributed by atoms with Crippen LogP contribution < -0.4 is 30.5 Å². The van der Waals surface area contributed by atoms with Crippen molar-refractivity contribution in [2.45, 2.75) is 0 Å². The number of hydrogen-bond donors (Lipinski definition) is 6. The Morgan fingerprint density at radius 2 is 0.885 bits per heavy atom. The number of nitrogens with one attached hydrogen (secondary N) is 6. The van der Waals surface area contributed by atoms with Crippen molar-refractivity contribution in [1.29, 1.82) is 0 Å². The van der Waals surface area contributed by atoms with Gasteiger partial charge >= 0.3 is 0 Å². The van der Waals surface area contributed by atoms with E-state index in [1.807, 2.05) is 42.3 Å². The van der Waals surface area contributed by atoms with Crippen LogP contribution in [0.3, 0.4) is 0 Å². The van der Waals surface area contributed by atoms with Gasteiger partial charge in [0.2, 0.25) is 30.0 Å². The van der Waals surface area contributed by atoms with Crippen LogP contribution in [-0.4, -0.2) is 77.8 Å². The fraction of sp³-hybridized carbons (Fsp3) is 1.00. The zero-order valence-electron chi connectivity index (χ0n) is 16.3. The average Bonchev–Trinajstić information content (AvgIpc) is 3.54. The highest BCUT2D eigenvalue weighted by Gasteiger charge is 2.45. The summed E-state index contributed by atoms with van der Waals surface area (Å²) in [5.41, 5.74) is 0. The Balaban J connectivity index is 2.40. The van der Waals surface area contributed by atoms with Gasteiger partial charge in [-0.3, -0.25) is 30.5 Å². The maximum absolute atomic E-state index is 5.40. The average molecular weight is 444 g/mol. The molecular weight excluding hydrogens is 412 g/mol. The Hall–Kier alpha value is 0.600. The maximum Gasteiger partial charge on any atom is 0.218 e. The molecule has 26 heavy (non-hydrogen) atoms. The van der Waals surface area contributed by atoms with Crippen LogP contribution >= 0.6 is 30.0 Å². The fourth-order valence-corrected chi connectivity index (χ4v) is 18.8. The summed E-state index contributed by atoms with van der Waals surface area (Å²) in [5.74, 6) is 0. The molecule has 0 amide bonds. The summed E-state index contributed by atoms with van der Waals surface area (Å²) >= 11 is 0. The summed E-state index contributed by atoms with van der Waals surface area (Å²) in [7, 11) is 2.07. The van der Waals surface area contributed by atoms with E-state index in [1.54, 1.807) is 0 Å². The van der Waals surface area contributed by atoms with Gasteiger partial charge in [0, 0.05) is 26.2 Å².